The van der Waals surface area contributed by atoms with E-state index in [1.54, 1.807) is 26.4 Å². The van der Waals surface area contributed by atoms with Crippen molar-refractivity contribution in [2.45, 2.75) is 64.0 Å². The molecule has 0 spiro atoms. The fourth-order valence-corrected chi connectivity index (χ4v) is 5.54. The number of phenolic OH excluding ortho intramolecular Hbond substituents is 1. The van der Waals surface area contributed by atoms with Crippen LogP contribution in [0, 0.1) is 5.92 Å². The molecule has 42 heavy (non-hydrogen) atoms. The molecule has 3 aromatic carbocycles. The average Bonchev–Trinajstić information content (AvgIpc) is 2.96. The van der Waals surface area contributed by atoms with E-state index in [2.05, 4.69) is 41.5 Å². The largest absolute Gasteiger partial charge is 0.507 e. The highest BCUT2D eigenvalue weighted by atomic mass is 16.5. The summed E-state index contributed by atoms with van der Waals surface area (Å²) in [5.74, 6) is 0.830. The van der Waals surface area contributed by atoms with Crippen molar-refractivity contribution < 1.29 is 19.7 Å². The summed E-state index contributed by atoms with van der Waals surface area (Å²) < 4.78 is 11.8. The molecule has 222 valence electrons. The lowest BCUT2D eigenvalue weighted by molar-refractivity contribution is 0.0371. The third kappa shape index (κ3) is 6.04. The van der Waals surface area contributed by atoms with E-state index in [1.165, 1.54) is 0 Å². The van der Waals surface area contributed by atoms with Crippen LogP contribution in [0.25, 0.3) is 6.08 Å². The summed E-state index contributed by atoms with van der Waals surface area (Å²) >= 11 is 0. The molecule has 0 saturated heterocycles. The molecule has 3 aromatic rings. The van der Waals surface area contributed by atoms with E-state index in [4.69, 9.17) is 15.2 Å². The first kappa shape index (κ1) is 31.1. The lowest BCUT2D eigenvalue weighted by Crippen LogP contribution is -2.51. The molecule has 1 aliphatic rings. The topological polar surface area (TPSA) is 84.9 Å². The van der Waals surface area contributed by atoms with Crippen LogP contribution in [-0.4, -0.2) is 30.5 Å². The second kappa shape index (κ2) is 11.8. The number of rotatable bonds is 7. The molecule has 5 heteroatoms. The van der Waals surface area contributed by atoms with Crippen LogP contribution in [0.1, 0.15) is 69.4 Å². The summed E-state index contributed by atoms with van der Waals surface area (Å²) in [7, 11) is 3.22. The third-order valence-electron chi connectivity index (χ3n) is 8.18. The molecular formula is C37H45NO4. The van der Waals surface area contributed by atoms with Gasteiger partial charge in [0.05, 0.1) is 20.3 Å². The maximum atomic E-state index is 13.3. The van der Waals surface area contributed by atoms with Gasteiger partial charge in [-0.1, -0.05) is 96.2 Å². The number of phenols is 1. The monoisotopic (exact) mass is 567 g/mol. The van der Waals surface area contributed by atoms with Crippen molar-refractivity contribution in [1.29, 1.82) is 0 Å². The van der Waals surface area contributed by atoms with E-state index in [-0.39, 0.29) is 16.6 Å². The number of hydrogen-bond acceptors (Lipinski definition) is 5. The highest BCUT2D eigenvalue weighted by Crippen LogP contribution is 2.47. The molecule has 0 radical (unpaired) electrons. The summed E-state index contributed by atoms with van der Waals surface area (Å²) in [5.41, 5.74) is 9.93. The van der Waals surface area contributed by atoms with Gasteiger partial charge in [0.15, 0.2) is 0 Å². The minimum absolute atomic E-state index is 0.176. The van der Waals surface area contributed by atoms with Gasteiger partial charge < -0.3 is 25.4 Å². The van der Waals surface area contributed by atoms with Crippen molar-refractivity contribution >= 4 is 6.08 Å². The molecule has 0 heterocycles. The Balaban J connectivity index is 2.05. The molecule has 5 nitrogen and oxygen atoms in total. The number of nitrogens with two attached hydrogens (primary N) is 1. The van der Waals surface area contributed by atoms with Gasteiger partial charge in [-0.2, -0.15) is 0 Å². The van der Waals surface area contributed by atoms with Crippen LogP contribution >= 0.6 is 0 Å². The van der Waals surface area contributed by atoms with Gasteiger partial charge in [-0.05, 0) is 63.9 Å². The maximum absolute atomic E-state index is 13.3. The normalized spacial score (nSPS) is 17.4. The van der Waals surface area contributed by atoms with Crippen molar-refractivity contribution in [3.8, 4) is 17.2 Å². The second-order valence-corrected chi connectivity index (χ2v) is 13.1. The predicted molar refractivity (Wildman–Crippen MR) is 172 cm³/mol. The first-order chi connectivity index (χ1) is 19.7. The number of methoxy groups -OCH3 is 2. The van der Waals surface area contributed by atoms with Gasteiger partial charge >= 0.3 is 0 Å². The van der Waals surface area contributed by atoms with E-state index < -0.39 is 17.6 Å². The highest BCUT2D eigenvalue weighted by Gasteiger charge is 2.47. The fourth-order valence-electron chi connectivity index (χ4n) is 5.54. The lowest BCUT2D eigenvalue weighted by Gasteiger charge is -2.41. The van der Waals surface area contributed by atoms with Gasteiger partial charge in [-0.15, -0.1) is 0 Å². The first-order valence-electron chi connectivity index (χ1n) is 14.4. The summed E-state index contributed by atoms with van der Waals surface area (Å²) in [6, 6.07) is 18.2. The van der Waals surface area contributed by atoms with Crippen molar-refractivity contribution in [2.24, 2.45) is 11.7 Å². The minimum atomic E-state index is -1.74. The van der Waals surface area contributed by atoms with E-state index in [9.17, 15) is 10.2 Å². The van der Waals surface area contributed by atoms with Gasteiger partial charge in [0.25, 0.3) is 0 Å². The van der Waals surface area contributed by atoms with Crippen molar-refractivity contribution in [3.63, 3.8) is 0 Å². The Labute approximate surface area is 251 Å². The molecular weight excluding hydrogens is 522 g/mol. The van der Waals surface area contributed by atoms with Gasteiger partial charge in [0.2, 0.25) is 0 Å². The maximum Gasteiger partial charge on any atom is 0.138 e. The van der Waals surface area contributed by atoms with Crippen LogP contribution in [-0.2, 0) is 16.4 Å². The standard InChI is InChI=1S/C37H45NO4/c1-35(2,3)26-17-19-32(41-7)29(22-26)37(40,30-23-27(36(4,5)6)18-20-33(30)42-8)34(38)28-15-11-9-13-24(28)21-25-14-10-12-16-31(25)39/h9-23,28,34,39-40H,38H2,1-8H3. The smallest absolute Gasteiger partial charge is 0.138 e. The Morgan fingerprint density at radius 1 is 0.786 bits per heavy atom. The molecule has 0 bridgehead atoms. The van der Waals surface area contributed by atoms with E-state index in [1.807, 2.05) is 78.9 Å². The van der Waals surface area contributed by atoms with Gasteiger partial charge in [-0.25, -0.2) is 0 Å². The lowest BCUT2D eigenvalue weighted by atomic mass is 9.70. The van der Waals surface area contributed by atoms with Gasteiger partial charge in [-0.3, -0.25) is 0 Å². The van der Waals surface area contributed by atoms with Crippen molar-refractivity contribution in [2.75, 3.05) is 14.2 Å². The Hall–Kier alpha value is -3.80. The zero-order valence-corrected chi connectivity index (χ0v) is 26.1. The van der Waals surface area contributed by atoms with Gasteiger partial charge in [0, 0.05) is 22.6 Å². The highest BCUT2D eigenvalue weighted by molar-refractivity contribution is 5.64. The number of allylic oxidation sites excluding steroid dienone is 3. The number of aromatic hydroxyl groups is 1. The van der Waals surface area contributed by atoms with E-state index >= 15 is 0 Å². The Kier molecular flexibility index (Phi) is 8.77. The summed E-state index contributed by atoms with van der Waals surface area (Å²) in [5, 5.41) is 23.8. The Morgan fingerprint density at radius 2 is 1.31 bits per heavy atom. The molecule has 0 aliphatic heterocycles. The van der Waals surface area contributed by atoms with Crippen LogP contribution in [0.4, 0.5) is 0 Å². The van der Waals surface area contributed by atoms with Crippen LogP contribution in [0.5, 0.6) is 17.2 Å². The number of hydrogen-bond donors (Lipinski definition) is 3. The molecule has 0 amide bonds. The van der Waals surface area contributed by atoms with E-state index in [0.717, 1.165) is 16.7 Å². The van der Waals surface area contributed by atoms with Crippen LogP contribution in [0.2, 0.25) is 0 Å². The molecule has 0 aromatic heterocycles. The molecule has 2 unspecified atom stereocenters. The Morgan fingerprint density at radius 3 is 1.79 bits per heavy atom. The molecule has 4 rings (SSSR count). The zero-order chi connectivity index (χ0) is 30.9. The fraction of sp³-hybridized carbons (Fsp3) is 0.351. The summed E-state index contributed by atoms with van der Waals surface area (Å²) in [6.45, 7) is 12.8. The van der Waals surface area contributed by atoms with Crippen LogP contribution in [0.15, 0.2) is 90.5 Å². The van der Waals surface area contributed by atoms with Crippen LogP contribution < -0.4 is 15.2 Å². The van der Waals surface area contributed by atoms with Crippen molar-refractivity contribution in [3.05, 3.63) is 118 Å². The SMILES string of the molecule is COc1ccc(C(C)(C)C)cc1C(O)(c1cc(C(C)(C)C)ccc1OC)C(N)C1C=CC=CC1=Cc1ccccc1O. The Bertz CT molecular complexity index is 1450. The van der Waals surface area contributed by atoms with Crippen molar-refractivity contribution in [1.82, 2.24) is 0 Å². The number of benzene rings is 3. The zero-order valence-electron chi connectivity index (χ0n) is 26.1. The number of para-hydroxylation sites is 1. The van der Waals surface area contributed by atoms with E-state index in [0.29, 0.717) is 28.2 Å². The molecule has 1 aliphatic carbocycles. The van der Waals surface area contributed by atoms with Gasteiger partial charge in [0.1, 0.15) is 22.8 Å². The third-order valence-corrected chi connectivity index (χ3v) is 8.18. The molecule has 4 N–H and O–H groups in total. The summed E-state index contributed by atoms with van der Waals surface area (Å²) in [6.07, 6.45) is 9.78. The molecule has 2 atom stereocenters. The van der Waals surface area contributed by atoms with Crippen LogP contribution in [0.3, 0.4) is 0 Å². The average molecular weight is 568 g/mol. The number of ether oxygens (including phenoxy) is 2. The number of aliphatic hydroxyl groups is 1. The minimum Gasteiger partial charge on any atom is -0.507 e. The molecule has 0 fully saturated rings. The predicted octanol–water partition coefficient (Wildman–Crippen LogP) is 7.39. The summed E-state index contributed by atoms with van der Waals surface area (Å²) in [4.78, 5) is 0. The quantitative estimate of drug-likeness (QED) is 0.277. The second-order valence-electron chi connectivity index (χ2n) is 13.1. The molecule has 0 saturated carbocycles. The first-order valence-corrected chi connectivity index (χ1v) is 14.4.